The van der Waals surface area contributed by atoms with Gasteiger partial charge < -0.3 is 19.5 Å². The van der Waals surface area contributed by atoms with E-state index in [-0.39, 0.29) is 0 Å². The number of rotatable bonds is 12. The van der Waals surface area contributed by atoms with E-state index in [1.54, 1.807) is 13.3 Å². The zero-order valence-electron chi connectivity index (χ0n) is 12.6. The van der Waals surface area contributed by atoms with Gasteiger partial charge in [-0.2, -0.15) is 0 Å². The van der Waals surface area contributed by atoms with Gasteiger partial charge in [0.05, 0.1) is 19.8 Å². The van der Waals surface area contributed by atoms with Gasteiger partial charge in [0, 0.05) is 38.4 Å². The van der Waals surface area contributed by atoms with Crippen LogP contribution in [0.3, 0.4) is 0 Å². The van der Waals surface area contributed by atoms with Crippen LogP contribution >= 0.6 is 0 Å². The van der Waals surface area contributed by atoms with Crippen LogP contribution in [0.1, 0.15) is 25.3 Å². The summed E-state index contributed by atoms with van der Waals surface area (Å²) in [5.74, 6) is 0.716. The Morgan fingerprint density at radius 1 is 1.20 bits per heavy atom. The zero-order chi connectivity index (χ0) is 14.5. The maximum absolute atomic E-state index is 5.71. The molecule has 1 N–H and O–H groups in total. The van der Waals surface area contributed by atoms with Gasteiger partial charge in [-0.15, -0.1) is 0 Å². The van der Waals surface area contributed by atoms with Crippen LogP contribution in [0.25, 0.3) is 0 Å². The first-order valence-corrected chi connectivity index (χ1v) is 7.22. The van der Waals surface area contributed by atoms with Gasteiger partial charge in [-0.1, -0.05) is 13.0 Å². The third kappa shape index (κ3) is 7.43. The smallest absolute Gasteiger partial charge is 0.217 e. The molecular weight excluding hydrogens is 256 g/mol. The molecule has 5 nitrogen and oxygen atoms in total. The molecule has 0 spiro atoms. The lowest BCUT2D eigenvalue weighted by atomic mass is 10.2. The van der Waals surface area contributed by atoms with Crippen molar-refractivity contribution in [3.8, 4) is 5.88 Å². The molecule has 0 aliphatic rings. The molecule has 1 aromatic heterocycles. The summed E-state index contributed by atoms with van der Waals surface area (Å²) in [5, 5.41) is 3.36. The Hall–Kier alpha value is -1.17. The third-order valence-electron chi connectivity index (χ3n) is 2.70. The monoisotopic (exact) mass is 282 g/mol. The molecule has 0 bridgehead atoms. The lowest BCUT2D eigenvalue weighted by Crippen LogP contribution is -2.15. The Morgan fingerprint density at radius 2 is 2.10 bits per heavy atom. The van der Waals surface area contributed by atoms with Crippen molar-refractivity contribution in [1.82, 2.24) is 10.3 Å². The summed E-state index contributed by atoms with van der Waals surface area (Å²) in [6.45, 7) is 6.51. The van der Waals surface area contributed by atoms with Crippen molar-refractivity contribution < 1.29 is 14.2 Å². The highest BCUT2D eigenvalue weighted by atomic mass is 16.5. The Bertz CT molecular complexity index is 348. The number of hydrogen-bond acceptors (Lipinski definition) is 5. The fourth-order valence-corrected chi connectivity index (χ4v) is 1.66. The second kappa shape index (κ2) is 11.6. The van der Waals surface area contributed by atoms with Crippen LogP contribution in [0, 0.1) is 0 Å². The van der Waals surface area contributed by atoms with Gasteiger partial charge in [0.15, 0.2) is 0 Å². The first-order valence-electron chi connectivity index (χ1n) is 7.22. The molecule has 0 atom stereocenters. The Balaban J connectivity index is 2.21. The topological polar surface area (TPSA) is 52.6 Å². The van der Waals surface area contributed by atoms with Crippen LogP contribution in [0.5, 0.6) is 5.88 Å². The Labute approximate surface area is 121 Å². The minimum atomic E-state index is 0.616. The quantitative estimate of drug-likeness (QED) is 0.594. The van der Waals surface area contributed by atoms with E-state index in [4.69, 9.17) is 14.2 Å². The molecule has 0 aliphatic carbocycles. The standard InChI is InChI=1S/C15H26N2O3/c1-3-7-16-13-14-6-4-8-17-15(14)20-10-5-9-19-12-11-18-2/h4,6,8,16H,3,5,7,9-13H2,1-2H3. The molecule has 114 valence electrons. The first-order chi connectivity index (χ1) is 9.88. The molecule has 1 aromatic rings. The van der Waals surface area contributed by atoms with E-state index in [9.17, 15) is 0 Å². The van der Waals surface area contributed by atoms with Crippen molar-refractivity contribution in [2.75, 3.05) is 40.1 Å². The number of pyridine rings is 1. The number of methoxy groups -OCH3 is 1. The Morgan fingerprint density at radius 3 is 2.90 bits per heavy atom. The summed E-state index contributed by atoms with van der Waals surface area (Å²) < 4.78 is 16.0. The van der Waals surface area contributed by atoms with Crippen LogP contribution in [0.4, 0.5) is 0 Å². The molecule has 0 fully saturated rings. The summed E-state index contributed by atoms with van der Waals surface area (Å²) in [7, 11) is 1.67. The van der Waals surface area contributed by atoms with Crippen LogP contribution in [0.15, 0.2) is 18.3 Å². The molecule has 0 radical (unpaired) electrons. The molecule has 0 aromatic carbocycles. The van der Waals surface area contributed by atoms with Gasteiger partial charge >= 0.3 is 0 Å². The number of nitrogens with zero attached hydrogens (tertiary/aromatic N) is 1. The van der Waals surface area contributed by atoms with E-state index < -0.39 is 0 Å². The van der Waals surface area contributed by atoms with Crippen molar-refractivity contribution in [3.63, 3.8) is 0 Å². The largest absolute Gasteiger partial charge is 0.477 e. The van der Waals surface area contributed by atoms with Crippen LogP contribution in [0.2, 0.25) is 0 Å². The second-order valence-corrected chi connectivity index (χ2v) is 4.45. The molecule has 1 heterocycles. The normalized spacial score (nSPS) is 10.7. The van der Waals surface area contributed by atoms with E-state index in [0.29, 0.717) is 32.3 Å². The molecule has 0 amide bonds. The van der Waals surface area contributed by atoms with Gasteiger partial charge in [-0.3, -0.25) is 0 Å². The summed E-state index contributed by atoms with van der Waals surface area (Å²) in [6.07, 6.45) is 3.73. The summed E-state index contributed by atoms with van der Waals surface area (Å²) in [4.78, 5) is 4.28. The minimum absolute atomic E-state index is 0.616. The van der Waals surface area contributed by atoms with Crippen molar-refractivity contribution in [2.24, 2.45) is 0 Å². The van der Waals surface area contributed by atoms with E-state index >= 15 is 0 Å². The van der Waals surface area contributed by atoms with Gasteiger partial charge in [0.1, 0.15) is 0 Å². The summed E-state index contributed by atoms with van der Waals surface area (Å²) in [5.41, 5.74) is 1.10. The van der Waals surface area contributed by atoms with Gasteiger partial charge in [0.2, 0.25) is 5.88 Å². The van der Waals surface area contributed by atoms with Crippen LogP contribution in [-0.2, 0) is 16.0 Å². The highest BCUT2D eigenvalue weighted by Crippen LogP contribution is 2.14. The fourth-order valence-electron chi connectivity index (χ4n) is 1.66. The van der Waals surface area contributed by atoms with Gasteiger partial charge in [0.25, 0.3) is 0 Å². The average molecular weight is 282 g/mol. The highest BCUT2D eigenvalue weighted by molar-refractivity contribution is 5.25. The molecule has 0 saturated heterocycles. The number of hydrogen-bond donors (Lipinski definition) is 1. The Kier molecular flexibility index (Phi) is 9.83. The number of nitrogens with one attached hydrogen (secondary N) is 1. The van der Waals surface area contributed by atoms with E-state index in [1.165, 1.54) is 0 Å². The van der Waals surface area contributed by atoms with E-state index in [1.807, 2.05) is 12.1 Å². The lowest BCUT2D eigenvalue weighted by molar-refractivity contribution is 0.0641. The highest BCUT2D eigenvalue weighted by Gasteiger charge is 2.03. The first kappa shape index (κ1) is 16.9. The average Bonchev–Trinajstić information content (AvgIpc) is 2.48. The zero-order valence-corrected chi connectivity index (χ0v) is 12.6. The van der Waals surface area contributed by atoms with Gasteiger partial charge in [-0.05, 0) is 19.0 Å². The van der Waals surface area contributed by atoms with Crippen molar-refractivity contribution in [3.05, 3.63) is 23.9 Å². The van der Waals surface area contributed by atoms with Gasteiger partial charge in [-0.25, -0.2) is 4.98 Å². The van der Waals surface area contributed by atoms with Crippen LogP contribution < -0.4 is 10.1 Å². The summed E-state index contributed by atoms with van der Waals surface area (Å²) in [6, 6.07) is 3.98. The maximum atomic E-state index is 5.71. The molecule has 0 saturated carbocycles. The number of ether oxygens (including phenoxy) is 3. The molecule has 5 heteroatoms. The maximum Gasteiger partial charge on any atom is 0.217 e. The van der Waals surface area contributed by atoms with Crippen molar-refractivity contribution >= 4 is 0 Å². The molecular formula is C15H26N2O3. The predicted molar refractivity (Wildman–Crippen MR) is 79.0 cm³/mol. The molecule has 20 heavy (non-hydrogen) atoms. The SMILES string of the molecule is CCCNCc1cccnc1OCCCOCCOC. The number of aromatic nitrogens is 1. The van der Waals surface area contributed by atoms with Crippen molar-refractivity contribution in [1.29, 1.82) is 0 Å². The fraction of sp³-hybridized carbons (Fsp3) is 0.667. The molecule has 1 rings (SSSR count). The summed E-state index contributed by atoms with van der Waals surface area (Å²) >= 11 is 0. The van der Waals surface area contributed by atoms with E-state index in [2.05, 4.69) is 17.2 Å². The van der Waals surface area contributed by atoms with E-state index in [0.717, 1.165) is 31.5 Å². The van der Waals surface area contributed by atoms with Crippen LogP contribution in [-0.4, -0.2) is 45.1 Å². The molecule has 0 unspecified atom stereocenters. The minimum Gasteiger partial charge on any atom is -0.477 e. The lowest BCUT2D eigenvalue weighted by Gasteiger charge is -2.10. The second-order valence-electron chi connectivity index (χ2n) is 4.45. The van der Waals surface area contributed by atoms with Crippen molar-refractivity contribution in [2.45, 2.75) is 26.3 Å². The third-order valence-corrected chi connectivity index (χ3v) is 2.70. The molecule has 0 aliphatic heterocycles. The predicted octanol–water partition coefficient (Wildman–Crippen LogP) is 2.01.